The number of amidine groups is 1. The summed E-state index contributed by atoms with van der Waals surface area (Å²) in [6.07, 6.45) is 0.642. The summed E-state index contributed by atoms with van der Waals surface area (Å²) in [6, 6.07) is 14.6. The number of aromatic hydroxyl groups is 1. The molecule has 0 radical (unpaired) electrons. The fourth-order valence-corrected chi connectivity index (χ4v) is 3.62. The van der Waals surface area contributed by atoms with Gasteiger partial charge in [0.05, 0.1) is 28.0 Å². The number of benzene rings is 2. The van der Waals surface area contributed by atoms with E-state index in [4.69, 9.17) is 10.3 Å². The molecule has 0 unspecified atom stereocenters. The van der Waals surface area contributed by atoms with Gasteiger partial charge in [-0.25, -0.2) is 0 Å². The minimum Gasteiger partial charge on any atom is -0.508 e. The zero-order valence-electron chi connectivity index (χ0n) is 15.5. The molecule has 2 aromatic carbocycles. The number of phenols is 1. The van der Waals surface area contributed by atoms with Crippen molar-refractivity contribution < 1.29 is 14.8 Å². The van der Waals surface area contributed by atoms with Gasteiger partial charge >= 0.3 is 0 Å². The lowest BCUT2D eigenvalue weighted by Crippen LogP contribution is -2.15. The largest absolute Gasteiger partial charge is 0.508 e. The summed E-state index contributed by atoms with van der Waals surface area (Å²) < 4.78 is 7.54. The number of hydrogen-bond acceptors (Lipinski definition) is 5. The Hall–Kier alpha value is -3.74. The van der Waals surface area contributed by atoms with Gasteiger partial charge in [0.1, 0.15) is 11.5 Å². The smallest absolute Gasteiger partial charge is 0.172 e. The van der Waals surface area contributed by atoms with Gasteiger partial charge in [0.25, 0.3) is 0 Å². The highest BCUT2D eigenvalue weighted by Gasteiger charge is 2.27. The van der Waals surface area contributed by atoms with Gasteiger partial charge in [-0.05, 0) is 37.3 Å². The monoisotopic (exact) mass is 376 g/mol. The third kappa shape index (κ3) is 2.60. The van der Waals surface area contributed by atoms with Gasteiger partial charge in [-0.1, -0.05) is 35.4 Å². The molecule has 142 valence electrons. The number of para-hydroxylation sites is 1. The maximum Gasteiger partial charge on any atom is 0.172 e. The van der Waals surface area contributed by atoms with E-state index in [0.717, 1.165) is 27.8 Å². The van der Waals surface area contributed by atoms with Crippen LogP contribution in [0.2, 0.25) is 0 Å². The minimum absolute atomic E-state index is 0.00591. The van der Waals surface area contributed by atoms with Crippen LogP contribution in [0.15, 0.2) is 58.2 Å². The molecule has 7 nitrogen and oxygen atoms in total. The Labute approximate surface area is 161 Å². The number of hydrogen-bond donors (Lipinski definition) is 3. The molecule has 0 fully saturated rings. The van der Waals surface area contributed by atoms with Crippen LogP contribution in [-0.4, -0.2) is 25.9 Å². The van der Waals surface area contributed by atoms with E-state index in [2.05, 4.69) is 10.3 Å². The molecule has 4 rings (SSSR count). The van der Waals surface area contributed by atoms with Gasteiger partial charge in [-0.3, -0.25) is 0 Å². The number of nitrogens with two attached hydrogens (primary N) is 1. The topological polar surface area (TPSA) is 110 Å². The Bertz CT molecular complexity index is 1190. The number of nitrogens with zero attached hydrogens (tertiary/aromatic N) is 3. The number of aryl methyl sites for hydroxylation is 2. The van der Waals surface area contributed by atoms with Crippen LogP contribution < -0.4 is 5.73 Å². The molecule has 2 heterocycles. The van der Waals surface area contributed by atoms with Gasteiger partial charge in [-0.15, -0.1) is 0 Å². The van der Waals surface area contributed by atoms with Crippen LogP contribution in [0.1, 0.15) is 23.9 Å². The van der Waals surface area contributed by atoms with Crippen molar-refractivity contribution in [2.24, 2.45) is 10.9 Å². The van der Waals surface area contributed by atoms with E-state index in [0.29, 0.717) is 23.4 Å². The number of fused-ring (bicyclic) bond motifs is 1. The van der Waals surface area contributed by atoms with Crippen LogP contribution in [0.5, 0.6) is 5.75 Å². The lowest BCUT2D eigenvalue weighted by molar-refractivity contribution is 0.318. The van der Waals surface area contributed by atoms with Crippen molar-refractivity contribution in [3.8, 4) is 22.7 Å². The molecule has 0 spiro atoms. The maximum absolute atomic E-state index is 9.72. The molecule has 0 atom stereocenters. The Kier molecular flexibility index (Phi) is 4.27. The van der Waals surface area contributed by atoms with E-state index < -0.39 is 0 Å². The van der Waals surface area contributed by atoms with Crippen molar-refractivity contribution >= 4 is 16.7 Å². The van der Waals surface area contributed by atoms with E-state index >= 15 is 0 Å². The first-order valence-electron chi connectivity index (χ1n) is 8.93. The van der Waals surface area contributed by atoms with Gasteiger partial charge in [0.2, 0.25) is 0 Å². The van der Waals surface area contributed by atoms with Gasteiger partial charge in [-0.2, -0.15) is 0 Å². The van der Waals surface area contributed by atoms with Crippen molar-refractivity contribution in [3.05, 3.63) is 65.5 Å². The van der Waals surface area contributed by atoms with E-state index in [1.54, 1.807) is 12.1 Å². The van der Waals surface area contributed by atoms with Crippen LogP contribution >= 0.6 is 0 Å². The molecule has 0 aliphatic heterocycles. The summed E-state index contributed by atoms with van der Waals surface area (Å²) in [5.74, 6) is 0.896. The Morgan fingerprint density at radius 2 is 1.89 bits per heavy atom. The Balaban J connectivity index is 2.22. The van der Waals surface area contributed by atoms with E-state index in [1.807, 2.05) is 54.8 Å². The van der Waals surface area contributed by atoms with Gasteiger partial charge < -0.3 is 25.1 Å². The average Bonchev–Trinajstić information content (AvgIpc) is 3.25. The van der Waals surface area contributed by atoms with Crippen LogP contribution in [0, 0.1) is 6.92 Å². The first-order valence-corrected chi connectivity index (χ1v) is 8.93. The summed E-state index contributed by atoms with van der Waals surface area (Å²) in [4.78, 5) is 0. The standard InChI is InChI=1S/C21H20N4O3/c1-3-17-18(12(2)24-28-17)20-19(21(22)23-27)15-6-4-5-7-16(15)25(20)13-8-10-14(26)11-9-13/h4-11,26-27H,3H2,1-2H3,(H2,22,23). The number of phenolic OH excluding ortho intramolecular Hbond substituents is 1. The van der Waals surface area contributed by atoms with Crippen molar-refractivity contribution in [1.82, 2.24) is 9.72 Å². The molecule has 4 aromatic rings. The number of oxime groups is 1. The fraction of sp³-hybridized carbons (Fsp3) is 0.143. The van der Waals surface area contributed by atoms with E-state index in [9.17, 15) is 10.3 Å². The lowest BCUT2D eigenvalue weighted by atomic mass is 10.0. The third-order valence-corrected chi connectivity index (χ3v) is 4.84. The van der Waals surface area contributed by atoms with Crippen molar-refractivity contribution in [2.75, 3.05) is 0 Å². The van der Waals surface area contributed by atoms with Gasteiger partial charge in [0.15, 0.2) is 5.84 Å². The van der Waals surface area contributed by atoms with Gasteiger partial charge in [0, 0.05) is 17.5 Å². The van der Waals surface area contributed by atoms with E-state index in [-0.39, 0.29) is 11.6 Å². The molecular weight excluding hydrogens is 356 g/mol. The van der Waals surface area contributed by atoms with Crippen LogP contribution in [0.3, 0.4) is 0 Å². The predicted molar refractivity (Wildman–Crippen MR) is 107 cm³/mol. The third-order valence-electron chi connectivity index (χ3n) is 4.84. The number of rotatable bonds is 4. The lowest BCUT2D eigenvalue weighted by Gasteiger charge is -2.13. The second-order valence-electron chi connectivity index (χ2n) is 6.50. The van der Waals surface area contributed by atoms with Crippen molar-refractivity contribution in [3.63, 3.8) is 0 Å². The zero-order chi connectivity index (χ0) is 19.8. The maximum atomic E-state index is 9.72. The average molecular weight is 376 g/mol. The molecule has 0 amide bonds. The minimum atomic E-state index is 0.00591. The SMILES string of the molecule is CCc1onc(C)c1-c1c(C(N)=NO)c2ccccc2n1-c1ccc(O)cc1. The molecule has 4 N–H and O–H groups in total. The predicted octanol–water partition coefficient (Wildman–Crippen LogP) is 3.96. The zero-order valence-corrected chi connectivity index (χ0v) is 15.5. The summed E-state index contributed by atoms with van der Waals surface area (Å²) in [7, 11) is 0. The molecule has 28 heavy (non-hydrogen) atoms. The Morgan fingerprint density at radius 1 is 1.18 bits per heavy atom. The Morgan fingerprint density at radius 3 is 2.57 bits per heavy atom. The molecule has 0 saturated heterocycles. The molecule has 0 saturated carbocycles. The van der Waals surface area contributed by atoms with Crippen molar-refractivity contribution in [2.45, 2.75) is 20.3 Å². The summed E-state index contributed by atoms with van der Waals surface area (Å²) in [5.41, 5.74) is 10.7. The second-order valence-corrected chi connectivity index (χ2v) is 6.50. The number of aromatic nitrogens is 2. The second kappa shape index (κ2) is 6.77. The highest BCUT2D eigenvalue weighted by molar-refractivity contribution is 6.15. The highest BCUT2D eigenvalue weighted by atomic mass is 16.5. The van der Waals surface area contributed by atoms with Crippen molar-refractivity contribution in [1.29, 1.82) is 0 Å². The molecule has 7 heteroatoms. The summed E-state index contributed by atoms with van der Waals surface area (Å²) in [5, 5.41) is 27.4. The molecule has 0 aliphatic carbocycles. The molecule has 2 aromatic heterocycles. The molecule has 0 aliphatic rings. The molecule has 0 bridgehead atoms. The highest BCUT2D eigenvalue weighted by Crippen LogP contribution is 2.39. The quantitative estimate of drug-likeness (QED) is 0.216. The summed E-state index contributed by atoms with van der Waals surface area (Å²) in [6.45, 7) is 3.85. The first kappa shape index (κ1) is 17.7. The van der Waals surface area contributed by atoms with Crippen LogP contribution in [0.4, 0.5) is 0 Å². The fourth-order valence-electron chi connectivity index (χ4n) is 3.62. The van der Waals surface area contributed by atoms with Crippen LogP contribution in [-0.2, 0) is 6.42 Å². The first-order chi connectivity index (χ1) is 13.6. The van der Waals surface area contributed by atoms with E-state index in [1.165, 1.54) is 0 Å². The normalized spacial score (nSPS) is 12.0. The summed E-state index contributed by atoms with van der Waals surface area (Å²) >= 11 is 0. The van der Waals surface area contributed by atoms with Crippen LogP contribution in [0.25, 0.3) is 27.8 Å². The molecular formula is C21H20N4O3.